The van der Waals surface area contributed by atoms with Crippen molar-refractivity contribution in [3.8, 4) is 5.75 Å². The van der Waals surface area contributed by atoms with Gasteiger partial charge in [-0.15, -0.1) is 0 Å². The highest BCUT2D eigenvalue weighted by atomic mass is 79.9. The van der Waals surface area contributed by atoms with Crippen LogP contribution in [0.2, 0.25) is 0 Å². The number of nitrogens with zero attached hydrogens (tertiary/aromatic N) is 1. The monoisotopic (exact) mass is 353 g/mol. The van der Waals surface area contributed by atoms with Crippen molar-refractivity contribution in [3.05, 3.63) is 69.7 Å². The minimum Gasteiger partial charge on any atom is -0.507 e. The molecule has 3 aromatic rings. The molecule has 22 heavy (non-hydrogen) atoms. The first-order valence-corrected chi connectivity index (χ1v) is 7.87. The molecule has 0 radical (unpaired) electrons. The highest BCUT2D eigenvalue weighted by Crippen LogP contribution is 2.30. The van der Waals surface area contributed by atoms with Gasteiger partial charge in [0.15, 0.2) is 0 Å². The van der Waals surface area contributed by atoms with Crippen LogP contribution in [0.3, 0.4) is 0 Å². The van der Waals surface area contributed by atoms with Crippen LogP contribution in [-0.2, 0) is 0 Å². The van der Waals surface area contributed by atoms with Gasteiger partial charge in [0, 0.05) is 21.6 Å². The van der Waals surface area contributed by atoms with Crippen LogP contribution in [0.15, 0.2) is 58.0 Å². The molecule has 110 valence electrons. The fourth-order valence-corrected chi connectivity index (χ4v) is 3.30. The van der Waals surface area contributed by atoms with Crippen LogP contribution in [0.25, 0.3) is 10.8 Å². The van der Waals surface area contributed by atoms with Crippen LogP contribution in [0.1, 0.15) is 16.7 Å². The maximum atomic E-state index is 10.4. The van der Waals surface area contributed by atoms with Gasteiger partial charge in [-0.05, 0) is 48.6 Å². The molecule has 0 unspecified atom stereocenters. The first kappa shape index (κ1) is 14.8. The Bertz CT molecular complexity index is 861. The summed E-state index contributed by atoms with van der Waals surface area (Å²) in [5, 5.41) is 12.3. The highest BCUT2D eigenvalue weighted by Gasteiger charge is 2.06. The SMILES string of the molecule is Cc1cc(Br)cc(C)c1N=Cc1ccc2ccccc2c1O. The molecule has 0 aromatic heterocycles. The molecule has 0 spiro atoms. The lowest BCUT2D eigenvalue weighted by atomic mass is 10.1. The van der Waals surface area contributed by atoms with Gasteiger partial charge in [0.2, 0.25) is 0 Å². The van der Waals surface area contributed by atoms with Crippen molar-refractivity contribution in [1.82, 2.24) is 0 Å². The Labute approximate surface area is 138 Å². The van der Waals surface area contributed by atoms with E-state index < -0.39 is 0 Å². The van der Waals surface area contributed by atoms with Gasteiger partial charge in [-0.3, -0.25) is 4.99 Å². The molecule has 0 fully saturated rings. The Kier molecular flexibility index (Phi) is 3.99. The molecule has 0 aliphatic carbocycles. The number of fused-ring (bicyclic) bond motifs is 1. The first-order valence-electron chi connectivity index (χ1n) is 7.08. The second-order valence-corrected chi connectivity index (χ2v) is 6.29. The summed E-state index contributed by atoms with van der Waals surface area (Å²) in [6, 6.07) is 15.8. The average Bonchev–Trinajstić information content (AvgIpc) is 2.48. The standard InChI is InChI=1S/C19H16BrNO/c1-12-9-16(20)10-13(2)18(12)21-11-15-8-7-14-5-3-4-6-17(14)19(15)22/h3-11,22H,1-2H3. The maximum absolute atomic E-state index is 10.4. The second kappa shape index (κ2) is 5.93. The third-order valence-corrected chi connectivity index (χ3v) is 4.18. The topological polar surface area (TPSA) is 32.6 Å². The van der Waals surface area contributed by atoms with Crippen LogP contribution >= 0.6 is 15.9 Å². The molecule has 0 amide bonds. The summed E-state index contributed by atoms with van der Waals surface area (Å²) in [5.74, 6) is 0.272. The molecule has 0 heterocycles. The van der Waals surface area contributed by atoms with Gasteiger partial charge in [-0.1, -0.05) is 46.3 Å². The van der Waals surface area contributed by atoms with E-state index >= 15 is 0 Å². The summed E-state index contributed by atoms with van der Waals surface area (Å²) in [5.41, 5.74) is 3.86. The number of halogens is 1. The molecule has 0 saturated carbocycles. The Morgan fingerprint density at radius 1 is 1.00 bits per heavy atom. The Morgan fingerprint density at radius 3 is 2.41 bits per heavy atom. The van der Waals surface area contributed by atoms with E-state index in [-0.39, 0.29) is 5.75 Å². The van der Waals surface area contributed by atoms with Gasteiger partial charge in [-0.2, -0.15) is 0 Å². The fraction of sp³-hybridized carbons (Fsp3) is 0.105. The minimum absolute atomic E-state index is 0.272. The summed E-state index contributed by atoms with van der Waals surface area (Å²) < 4.78 is 1.05. The molecule has 2 nitrogen and oxygen atoms in total. The van der Waals surface area contributed by atoms with Crippen molar-refractivity contribution in [2.75, 3.05) is 0 Å². The predicted molar refractivity (Wildman–Crippen MR) is 96.5 cm³/mol. The highest BCUT2D eigenvalue weighted by molar-refractivity contribution is 9.10. The third-order valence-electron chi connectivity index (χ3n) is 3.72. The van der Waals surface area contributed by atoms with E-state index in [2.05, 4.69) is 20.9 Å². The number of aryl methyl sites for hydroxylation is 2. The van der Waals surface area contributed by atoms with E-state index in [1.165, 1.54) is 0 Å². The van der Waals surface area contributed by atoms with Crippen molar-refractivity contribution in [2.45, 2.75) is 13.8 Å². The van der Waals surface area contributed by atoms with E-state index in [0.29, 0.717) is 0 Å². The molecule has 3 heteroatoms. The van der Waals surface area contributed by atoms with Crippen molar-refractivity contribution in [3.63, 3.8) is 0 Å². The van der Waals surface area contributed by atoms with Crippen LogP contribution in [0, 0.1) is 13.8 Å². The molecule has 1 N–H and O–H groups in total. The lowest BCUT2D eigenvalue weighted by Gasteiger charge is -2.07. The summed E-state index contributed by atoms with van der Waals surface area (Å²) in [6.07, 6.45) is 1.73. The van der Waals surface area contributed by atoms with Gasteiger partial charge in [-0.25, -0.2) is 0 Å². The smallest absolute Gasteiger partial charge is 0.132 e. The Hall–Kier alpha value is -2.13. The zero-order valence-electron chi connectivity index (χ0n) is 12.5. The molecule has 0 aliphatic rings. The van der Waals surface area contributed by atoms with Crippen molar-refractivity contribution in [1.29, 1.82) is 0 Å². The van der Waals surface area contributed by atoms with E-state index in [4.69, 9.17) is 0 Å². The van der Waals surface area contributed by atoms with E-state index in [0.717, 1.165) is 37.6 Å². The summed E-state index contributed by atoms with van der Waals surface area (Å²) >= 11 is 3.49. The molecular weight excluding hydrogens is 338 g/mol. The number of aliphatic imine (C=N–C) groups is 1. The van der Waals surface area contributed by atoms with Gasteiger partial charge in [0.25, 0.3) is 0 Å². The number of benzene rings is 3. The lowest BCUT2D eigenvalue weighted by molar-refractivity contribution is 0.481. The normalized spacial score (nSPS) is 11.4. The number of hydrogen-bond acceptors (Lipinski definition) is 2. The third kappa shape index (κ3) is 2.77. The number of phenols is 1. The van der Waals surface area contributed by atoms with Crippen LogP contribution < -0.4 is 0 Å². The molecule has 0 saturated heterocycles. The van der Waals surface area contributed by atoms with E-state index in [1.54, 1.807) is 6.21 Å². The lowest BCUT2D eigenvalue weighted by Crippen LogP contribution is -1.86. The Balaban J connectivity index is 2.05. The van der Waals surface area contributed by atoms with Crippen molar-refractivity contribution < 1.29 is 5.11 Å². The molecule has 0 atom stereocenters. The number of hydrogen-bond donors (Lipinski definition) is 1. The zero-order valence-corrected chi connectivity index (χ0v) is 14.1. The number of phenolic OH excluding ortho intramolecular Hbond substituents is 1. The average molecular weight is 354 g/mol. The number of rotatable bonds is 2. The van der Waals surface area contributed by atoms with Crippen molar-refractivity contribution in [2.24, 2.45) is 4.99 Å². The summed E-state index contributed by atoms with van der Waals surface area (Å²) in [4.78, 5) is 4.58. The predicted octanol–water partition coefficient (Wildman–Crippen LogP) is 5.68. The zero-order chi connectivity index (χ0) is 15.7. The van der Waals surface area contributed by atoms with Crippen LogP contribution in [0.5, 0.6) is 5.75 Å². The van der Waals surface area contributed by atoms with Crippen molar-refractivity contribution >= 4 is 38.6 Å². The first-order chi connectivity index (χ1) is 10.6. The van der Waals surface area contributed by atoms with Gasteiger partial charge < -0.3 is 5.11 Å². The summed E-state index contributed by atoms with van der Waals surface area (Å²) in [7, 11) is 0. The molecule has 3 aromatic carbocycles. The quantitative estimate of drug-likeness (QED) is 0.591. The number of aromatic hydroxyl groups is 1. The largest absolute Gasteiger partial charge is 0.507 e. The van der Waals surface area contributed by atoms with Crippen LogP contribution in [0.4, 0.5) is 5.69 Å². The van der Waals surface area contributed by atoms with Gasteiger partial charge in [0.05, 0.1) is 5.69 Å². The summed E-state index contributed by atoms with van der Waals surface area (Å²) in [6.45, 7) is 4.06. The van der Waals surface area contributed by atoms with Gasteiger partial charge in [0.1, 0.15) is 5.75 Å². The van der Waals surface area contributed by atoms with Crippen LogP contribution in [-0.4, -0.2) is 11.3 Å². The fourth-order valence-electron chi connectivity index (χ4n) is 2.62. The van der Waals surface area contributed by atoms with E-state index in [9.17, 15) is 5.11 Å². The molecular formula is C19H16BrNO. The Morgan fingerprint density at radius 2 is 1.68 bits per heavy atom. The molecule has 0 bridgehead atoms. The molecule has 3 rings (SSSR count). The van der Waals surface area contributed by atoms with Gasteiger partial charge >= 0.3 is 0 Å². The second-order valence-electron chi connectivity index (χ2n) is 5.37. The maximum Gasteiger partial charge on any atom is 0.132 e. The minimum atomic E-state index is 0.272. The van der Waals surface area contributed by atoms with E-state index in [1.807, 2.05) is 62.4 Å². The molecule has 0 aliphatic heterocycles.